The van der Waals surface area contributed by atoms with Crippen LogP contribution in [0.4, 0.5) is 0 Å². The fourth-order valence-corrected chi connectivity index (χ4v) is 2.93. The summed E-state index contributed by atoms with van der Waals surface area (Å²) in [6.07, 6.45) is 0. The van der Waals surface area contributed by atoms with E-state index in [1.807, 2.05) is 32.0 Å². The van der Waals surface area contributed by atoms with Gasteiger partial charge in [-0.3, -0.25) is 14.3 Å². The Bertz CT molecular complexity index is 1030. The first kappa shape index (κ1) is 16.8. The topological polar surface area (TPSA) is 72.7 Å². The zero-order chi connectivity index (χ0) is 17.6. The molecule has 0 aliphatic rings. The molecule has 8 heteroatoms. The molecule has 6 nitrogen and oxygen atoms in total. The Morgan fingerprint density at radius 3 is 2.50 bits per heavy atom. The van der Waals surface area contributed by atoms with Crippen LogP contribution in [0, 0.1) is 0 Å². The second-order valence-electron chi connectivity index (χ2n) is 5.69. The Kier molecular flexibility index (Phi) is 4.27. The number of nitrogens with one attached hydrogen (secondary N) is 1. The molecular weight excluding hydrogens is 351 g/mol. The summed E-state index contributed by atoms with van der Waals surface area (Å²) in [6.45, 7) is 3.73. The molecule has 1 N–H and O–H groups in total. The lowest BCUT2D eigenvalue weighted by atomic mass is 10.2. The van der Waals surface area contributed by atoms with Crippen molar-refractivity contribution < 1.29 is 0 Å². The highest BCUT2D eigenvalue weighted by molar-refractivity contribution is 6.33. The lowest BCUT2D eigenvalue weighted by Crippen LogP contribution is -2.33. The molecule has 2 atom stereocenters. The van der Waals surface area contributed by atoms with E-state index in [0.717, 1.165) is 4.57 Å². The van der Waals surface area contributed by atoms with Crippen LogP contribution in [0.25, 0.3) is 22.6 Å². The molecule has 2 aromatic heterocycles. The lowest BCUT2D eigenvalue weighted by molar-refractivity contribution is 0.554. The van der Waals surface area contributed by atoms with Crippen molar-refractivity contribution >= 4 is 34.4 Å². The first-order chi connectivity index (χ1) is 11.3. The molecule has 24 heavy (non-hydrogen) atoms. The third-order valence-corrected chi connectivity index (χ3v) is 4.83. The van der Waals surface area contributed by atoms with Crippen LogP contribution >= 0.6 is 23.2 Å². The summed E-state index contributed by atoms with van der Waals surface area (Å²) < 4.78 is 2.76. The molecule has 126 valence electrons. The van der Waals surface area contributed by atoms with Gasteiger partial charge in [0, 0.05) is 18.7 Å². The third kappa shape index (κ3) is 2.56. The van der Waals surface area contributed by atoms with Gasteiger partial charge in [0.15, 0.2) is 11.2 Å². The number of halogens is 2. The van der Waals surface area contributed by atoms with Crippen LogP contribution < -0.4 is 11.2 Å². The Hall–Kier alpha value is -2.05. The van der Waals surface area contributed by atoms with Crippen LogP contribution in [0.15, 0.2) is 33.9 Å². The molecular formula is C16H16Cl2N4O2. The number of hydrogen-bond donors (Lipinski definition) is 1. The average molecular weight is 367 g/mol. The number of H-pyrrole nitrogens is 1. The number of rotatable bonds is 3. The predicted octanol–water partition coefficient (Wildman–Crippen LogP) is 2.93. The number of aromatic nitrogens is 4. The molecule has 2 heterocycles. The van der Waals surface area contributed by atoms with Crippen molar-refractivity contribution in [3.8, 4) is 11.4 Å². The van der Waals surface area contributed by atoms with Gasteiger partial charge < -0.3 is 4.57 Å². The van der Waals surface area contributed by atoms with Crippen LogP contribution in [0.3, 0.4) is 0 Å². The zero-order valence-electron chi connectivity index (χ0n) is 13.4. The largest absolute Gasteiger partial charge is 0.329 e. The van der Waals surface area contributed by atoms with Gasteiger partial charge in [-0.05, 0) is 26.0 Å². The highest BCUT2D eigenvalue weighted by Gasteiger charge is 2.24. The summed E-state index contributed by atoms with van der Waals surface area (Å²) in [6, 6.07) is 6.97. The summed E-state index contributed by atoms with van der Waals surface area (Å²) in [7, 11) is 1.42. The van der Waals surface area contributed by atoms with E-state index >= 15 is 0 Å². The van der Waals surface area contributed by atoms with Crippen molar-refractivity contribution in [2.45, 2.75) is 25.3 Å². The van der Waals surface area contributed by atoms with E-state index in [1.165, 1.54) is 7.05 Å². The molecule has 1 aromatic carbocycles. The summed E-state index contributed by atoms with van der Waals surface area (Å²) in [5.74, 6) is 0.495. The number of imidazole rings is 1. The quantitative estimate of drug-likeness (QED) is 0.724. The molecule has 0 spiro atoms. The van der Waals surface area contributed by atoms with E-state index < -0.39 is 11.2 Å². The lowest BCUT2D eigenvalue weighted by Gasteiger charge is -2.19. The molecule has 0 aliphatic heterocycles. The van der Waals surface area contributed by atoms with Crippen LogP contribution in [0.1, 0.15) is 19.9 Å². The summed E-state index contributed by atoms with van der Waals surface area (Å²) in [5.41, 5.74) is 0.245. The predicted molar refractivity (Wildman–Crippen MR) is 96.1 cm³/mol. The third-order valence-electron chi connectivity index (χ3n) is 4.14. The Morgan fingerprint density at radius 1 is 1.21 bits per heavy atom. The normalized spacial score (nSPS) is 14.0. The maximum absolute atomic E-state index is 12.6. The fraction of sp³-hybridized carbons (Fsp3) is 0.312. The van der Waals surface area contributed by atoms with Crippen molar-refractivity contribution in [3.05, 3.63) is 50.1 Å². The minimum atomic E-state index is -0.519. The van der Waals surface area contributed by atoms with Gasteiger partial charge in [-0.25, -0.2) is 9.78 Å². The van der Waals surface area contributed by atoms with E-state index in [0.29, 0.717) is 21.9 Å². The zero-order valence-corrected chi connectivity index (χ0v) is 14.9. The van der Waals surface area contributed by atoms with Crippen molar-refractivity contribution in [2.75, 3.05) is 0 Å². The number of nitrogens with zero attached hydrogens (tertiary/aromatic N) is 3. The molecule has 0 aliphatic carbocycles. The number of alkyl halides is 1. The van der Waals surface area contributed by atoms with Gasteiger partial charge in [0.05, 0.1) is 10.4 Å². The average Bonchev–Trinajstić information content (AvgIpc) is 2.91. The standard InChI is InChI=1S/C16H16Cl2N4O2/c1-8(17)9(2)22-12-13(20-16(24)21(3)15(12)23)19-14(22)10-6-4-5-7-11(10)18/h4-9H,1-3H3,(H,20,24)/t8-,9?/m1/s1. The molecule has 0 fully saturated rings. The second kappa shape index (κ2) is 6.11. The molecule has 3 rings (SSSR count). The maximum atomic E-state index is 12.6. The minimum Gasteiger partial charge on any atom is -0.314 e. The highest BCUT2D eigenvalue weighted by Crippen LogP contribution is 2.32. The Labute approximate surface area is 147 Å². The van der Waals surface area contributed by atoms with Gasteiger partial charge in [0.2, 0.25) is 0 Å². The van der Waals surface area contributed by atoms with Crippen molar-refractivity contribution in [1.82, 2.24) is 19.1 Å². The van der Waals surface area contributed by atoms with E-state index in [4.69, 9.17) is 23.2 Å². The number of hydrogen-bond acceptors (Lipinski definition) is 3. The van der Waals surface area contributed by atoms with Gasteiger partial charge in [-0.15, -0.1) is 11.6 Å². The molecule has 3 aromatic rings. The van der Waals surface area contributed by atoms with E-state index in [-0.39, 0.29) is 17.1 Å². The smallest absolute Gasteiger partial charge is 0.314 e. The number of fused-ring (bicyclic) bond motifs is 1. The highest BCUT2D eigenvalue weighted by atomic mass is 35.5. The molecule has 0 saturated heterocycles. The molecule has 0 bridgehead atoms. The van der Waals surface area contributed by atoms with Crippen LogP contribution in [0.5, 0.6) is 0 Å². The summed E-state index contributed by atoms with van der Waals surface area (Å²) >= 11 is 12.6. The fourth-order valence-electron chi connectivity index (χ4n) is 2.59. The van der Waals surface area contributed by atoms with E-state index in [2.05, 4.69) is 9.97 Å². The van der Waals surface area contributed by atoms with Crippen LogP contribution in [-0.4, -0.2) is 24.5 Å². The Morgan fingerprint density at radius 2 is 1.88 bits per heavy atom. The van der Waals surface area contributed by atoms with E-state index in [1.54, 1.807) is 10.6 Å². The van der Waals surface area contributed by atoms with Gasteiger partial charge in [0.1, 0.15) is 5.82 Å². The summed E-state index contributed by atoms with van der Waals surface area (Å²) in [4.78, 5) is 31.6. The molecule has 0 saturated carbocycles. The maximum Gasteiger partial charge on any atom is 0.329 e. The van der Waals surface area contributed by atoms with Gasteiger partial charge in [-0.1, -0.05) is 23.7 Å². The molecule has 0 amide bonds. The van der Waals surface area contributed by atoms with Crippen LogP contribution in [0.2, 0.25) is 5.02 Å². The van der Waals surface area contributed by atoms with E-state index in [9.17, 15) is 9.59 Å². The van der Waals surface area contributed by atoms with Gasteiger partial charge >= 0.3 is 5.69 Å². The molecule has 0 radical (unpaired) electrons. The minimum absolute atomic E-state index is 0.224. The number of aromatic amines is 1. The van der Waals surface area contributed by atoms with Crippen LogP contribution in [-0.2, 0) is 7.05 Å². The first-order valence-corrected chi connectivity index (χ1v) is 8.24. The first-order valence-electron chi connectivity index (χ1n) is 7.43. The van der Waals surface area contributed by atoms with Gasteiger partial charge in [-0.2, -0.15) is 0 Å². The SMILES string of the molecule is CC([C@@H](C)Cl)n1c(-c2ccccc2Cl)nc2[nH]c(=O)n(C)c(=O)c21. The second-order valence-corrected chi connectivity index (χ2v) is 6.79. The van der Waals surface area contributed by atoms with Crippen molar-refractivity contribution in [3.63, 3.8) is 0 Å². The van der Waals surface area contributed by atoms with Crippen molar-refractivity contribution in [1.29, 1.82) is 0 Å². The van der Waals surface area contributed by atoms with Crippen molar-refractivity contribution in [2.24, 2.45) is 7.05 Å². The number of benzene rings is 1. The van der Waals surface area contributed by atoms with Gasteiger partial charge in [0.25, 0.3) is 5.56 Å². The molecule has 1 unspecified atom stereocenters. The summed E-state index contributed by atoms with van der Waals surface area (Å²) in [5, 5.41) is 0.239. The Balaban J connectivity index is 2.48. The monoisotopic (exact) mass is 366 g/mol.